The highest BCUT2D eigenvalue weighted by atomic mass is 16.5. The number of amides is 2. The number of methoxy groups -OCH3 is 2. The fraction of sp³-hybridized carbons (Fsp3) is 0.529. The average molecular weight is 641 g/mol. The molecular weight excluding hydrogens is 596 g/mol. The van der Waals surface area contributed by atoms with Gasteiger partial charge in [0.05, 0.1) is 45.3 Å². The second-order valence-corrected chi connectivity index (χ2v) is 12.2. The lowest BCUT2D eigenvalue weighted by molar-refractivity contribution is -0.146. The van der Waals surface area contributed by atoms with Gasteiger partial charge in [0.15, 0.2) is 23.0 Å². The highest BCUT2D eigenvalue weighted by Crippen LogP contribution is 2.47. The number of rotatable bonds is 14. The van der Waals surface area contributed by atoms with E-state index in [4.69, 9.17) is 24.1 Å². The Hall–Kier alpha value is -4.48. The molecule has 2 heterocycles. The van der Waals surface area contributed by atoms with Gasteiger partial charge in [-0.05, 0) is 55.2 Å². The number of carboxylic acid groups (broad SMARTS) is 2. The summed E-state index contributed by atoms with van der Waals surface area (Å²) in [5, 5.41) is 18.4. The summed E-state index contributed by atoms with van der Waals surface area (Å²) in [6, 6.07) is 3.48. The van der Waals surface area contributed by atoms with Crippen LogP contribution in [0.3, 0.4) is 0 Å². The zero-order chi connectivity index (χ0) is 33.9. The zero-order valence-corrected chi connectivity index (χ0v) is 27.6. The van der Waals surface area contributed by atoms with Crippen molar-refractivity contribution in [2.75, 3.05) is 27.4 Å². The van der Waals surface area contributed by atoms with Crippen molar-refractivity contribution < 1.29 is 48.3 Å². The summed E-state index contributed by atoms with van der Waals surface area (Å²) >= 11 is 0. The Morgan fingerprint density at radius 1 is 0.804 bits per heavy atom. The first-order valence-corrected chi connectivity index (χ1v) is 15.5. The van der Waals surface area contributed by atoms with Crippen LogP contribution in [0.5, 0.6) is 23.0 Å². The van der Waals surface area contributed by atoms with E-state index in [-0.39, 0.29) is 30.7 Å². The molecule has 2 aromatic carbocycles. The molecule has 3 atom stereocenters. The van der Waals surface area contributed by atoms with Crippen LogP contribution in [0, 0.1) is 25.7 Å². The van der Waals surface area contributed by atoms with E-state index in [1.165, 1.54) is 13.8 Å². The van der Waals surface area contributed by atoms with Crippen molar-refractivity contribution >= 4 is 23.8 Å². The molecule has 12 heteroatoms. The van der Waals surface area contributed by atoms with E-state index >= 15 is 0 Å². The maximum absolute atomic E-state index is 13.0. The number of carbonyl (C=O) groups is 4. The lowest BCUT2D eigenvalue weighted by atomic mass is 9.94. The first kappa shape index (κ1) is 34.4. The van der Waals surface area contributed by atoms with Crippen LogP contribution in [0.25, 0.3) is 0 Å². The molecule has 0 spiro atoms. The minimum absolute atomic E-state index is 0.0564. The minimum atomic E-state index is -0.997. The van der Waals surface area contributed by atoms with Crippen molar-refractivity contribution in [2.24, 2.45) is 11.8 Å². The molecule has 0 saturated carbocycles. The molecule has 12 nitrogen and oxygen atoms in total. The molecule has 0 radical (unpaired) electrons. The Morgan fingerprint density at radius 3 is 1.93 bits per heavy atom. The molecule has 2 aliphatic heterocycles. The Bertz CT molecular complexity index is 1520. The Balaban J connectivity index is 1.39. The molecular formula is C34H44N2O10. The van der Waals surface area contributed by atoms with Gasteiger partial charge in [-0.15, -0.1) is 0 Å². The third kappa shape index (κ3) is 7.00. The standard InChI is InChI=1S/C34H44N2O10/c1-18(33(39)40)11-28(37)35-15-23-13-26(43-6)27(14-24(23)16-35)45-9-8-10-46-32-21(4)30-22(5)36(29(38)12-19(2)34(41)42)17-25(30)20(3)31(32)44-7/h13-14,18-19,22H,8-12,15-17H2,1-7H3,(H,39,40)(H,41,42)/t18-,19-,22?/m0/s1. The number of carboxylic acids is 2. The summed E-state index contributed by atoms with van der Waals surface area (Å²) in [4.78, 5) is 51.5. The second kappa shape index (κ2) is 14.3. The molecule has 0 aliphatic carbocycles. The molecule has 0 bridgehead atoms. The molecule has 2 aromatic rings. The lowest BCUT2D eigenvalue weighted by Crippen LogP contribution is -2.31. The normalized spacial score (nSPS) is 16.4. The van der Waals surface area contributed by atoms with Crippen LogP contribution >= 0.6 is 0 Å². The van der Waals surface area contributed by atoms with Crippen LogP contribution in [0.15, 0.2) is 12.1 Å². The van der Waals surface area contributed by atoms with Gasteiger partial charge in [-0.2, -0.15) is 0 Å². The van der Waals surface area contributed by atoms with Crippen LogP contribution < -0.4 is 18.9 Å². The molecule has 250 valence electrons. The van der Waals surface area contributed by atoms with Crippen molar-refractivity contribution in [2.45, 2.75) is 79.6 Å². The summed E-state index contributed by atoms with van der Waals surface area (Å²) in [6.45, 7) is 10.7. The highest BCUT2D eigenvalue weighted by Gasteiger charge is 2.37. The highest BCUT2D eigenvalue weighted by molar-refractivity contribution is 5.84. The van der Waals surface area contributed by atoms with E-state index in [0.717, 1.165) is 33.4 Å². The van der Waals surface area contributed by atoms with E-state index in [1.807, 2.05) is 32.9 Å². The summed E-state index contributed by atoms with van der Waals surface area (Å²) in [6.07, 6.45) is 0.423. The van der Waals surface area contributed by atoms with Gasteiger partial charge >= 0.3 is 11.9 Å². The van der Waals surface area contributed by atoms with Crippen molar-refractivity contribution in [3.05, 3.63) is 45.5 Å². The summed E-state index contributed by atoms with van der Waals surface area (Å²) in [7, 11) is 3.14. The van der Waals surface area contributed by atoms with Gasteiger partial charge in [0.25, 0.3) is 0 Å². The molecule has 0 saturated heterocycles. The van der Waals surface area contributed by atoms with E-state index < -0.39 is 23.8 Å². The fourth-order valence-corrected chi connectivity index (χ4v) is 6.20. The summed E-state index contributed by atoms with van der Waals surface area (Å²) in [5.74, 6) is -1.62. The summed E-state index contributed by atoms with van der Waals surface area (Å²) < 4.78 is 23.6. The Morgan fingerprint density at radius 2 is 1.37 bits per heavy atom. The monoisotopic (exact) mass is 640 g/mol. The van der Waals surface area contributed by atoms with E-state index in [0.29, 0.717) is 62.3 Å². The SMILES string of the molecule is COc1cc2c(cc1OCCCOc1c(C)c3c(c(C)c1OC)CN(C(=O)C[C@H](C)C(=O)O)C3C)CN(C(=O)C[C@H](C)C(=O)O)C2. The number of fused-ring (bicyclic) bond motifs is 2. The zero-order valence-electron chi connectivity index (χ0n) is 27.6. The molecule has 2 N–H and O–H groups in total. The van der Waals surface area contributed by atoms with Crippen LogP contribution in [-0.4, -0.2) is 71.2 Å². The number of hydrogen-bond donors (Lipinski definition) is 2. The maximum atomic E-state index is 13.0. The molecule has 0 fully saturated rings. The second-order valence-electron chi connectivity index (χ2n) is 12.2. The van der Waals surface area contributed by atoms with E-state index in [2.05, 4.69) is 0 Å². The molecule has 2 amide bonds. The molecule has 1 unspecified atom stereocenters. The van der Waals surface area contributed by atoms with Gasteiger partial charge in [-0.25, -0.2) is 0 Å². The average Bonchev–Trinajstić information content (AvgIpc) is 3.59. The number of benzene rings is 2. The third-order valence-corrected chi connectivity index (χ3v) is 8.97. The minimum Gasteiger partial charge on any atom is -0.493 e. The van der Waals surface area contributed by atoms with Crippen LogP contribution in [-0.2, 0) is 38.8 Å². The predicted molar refractivity (Wildman–Crippen MR) is 167 cm³/mol. The first-order chi connectivity index (χ1) is 21.8. The van der Waals surface area contributed by atoms with Crippen molar-refractivity contribution in [1.29, 1.82) is 0 Å². The molecule has 4 rings (SSSR count). The largest absolute Gasteiger partial charge is 0.493 e. The smallest absolute Gasteiger partial charge is 0.306 e. The van der Waals surface area contributed by atoms with Crippen molar-refractivity contribution in [3.63, 3.8) is 0 Å². The van der Waals surface area contributed by atoms with Crippen molar-refractivity contribution in [1.82, 2.24) is 9.80 Å². The van der Waals surface area contributed by atoms with Crippen molar-refractivity contribution in [3.8, 4) is 23.0 Å². The van der Waals surface area contributed by atoms with Gasteiger partial charge < -0.3 is 39.0 Å². The first-order valence-electron chi connectivity index (χ1n) is 15.5. The van der Waals surface area contributed by atoms with Gasteiger partial charge in [0.2, 0.25) is 11.8 Å². The number of hydrogen-bond acceptors (Lipinski definition) is 8. The predicted octanol–water partition coefficient (Wildman–Crippen LogP) is 4.64. The Labute approximate surface area is 269 Å². The third-order valence-electron chi connectivity index (χ3n) is 8.97. The maximum Gasteiger partial charge on any atom is 0.306 e. The number of nitrogens with zero attached hydrogens (tertiary/aromatic N) is 2. The Kier molecular flexibility index (Phi) is 10.7. The van der Waals surface area contributed by atoms with Crippen LogP contribution in [0.2, 0.25) is 0 Å². The van der Waals surface area contributed by atoms with Crippen LogP contribution in [0.4, 0.5) is 0 Å². The van der Waals surface area contributed by atoms with Gasteiger partial charge in [0, 0.05) is 50.0 Å². The lowest BCUT2D eigenvalue weighted by Gasteiger charge is -2.24. The van der Waals surface area contributed by atoms with Gasteiger partial charge in [0.1, 0.15) is 0 Å². The van der Waals surface area contributed by atoms with Crippen LogP contribution in [0.1, 0.15) is 79.5 Å². The summed E-state index contributed by atoms with van der Waals surface area (Å²) in [5.41, 5.74) is 5.61. The van der Waals surface area contributed by atoms with Gasteiger partial charge in [-0.3, -0.25) is 19.2 Å². The topological polar surface area (TPSA) is 152 Å². The number of ether oxygens (including phenoxy) is 4. The van der Waals surface area contributed by atoms with E-state index in [1.54, 1.807) is 24.0 Å². The fourth-order valence-electron chi connectivity index (χ4n) is 6.20. The number of aliphatic carboxylic acids is 2. The van der Waals surface area contributed by atoms with Gasteiger partial charge in [-0.1, -0.05) is 13.8 Å². The molecule has 0 aromatic heterocycles. The molecule has 46 heavy (non-hydrogen) atoms. The van der Waals surface area contributed by atoms with E-state index in [9.17, 15) is 24.3 Å². The number of carbonyl (C=O) groups excluding carboxylic acids is 2. The molecule has 2 aliphatic rings. The quantitative estimate of drug-likeness (QED) is 0.280.